The average molecular weight is 414 g/mol. The number of nitrogens with zero attached hydrogens (tertiary/aromatic N) is 1. The van der Waals surface area contributed by atoms with Gasteiger partial charge in [0.25, 0.3) is 11.8 Å². The Balaban J connectivity index is 1.54. The molecule has 3 N–H and O–H groups in total. The molecule has 160 valence electrons. The molecule has 1 aromatic heterocycles. The minimum absolute atomic E-state index is 0.0296. The predicted molar refractivity (Wildman–Crippen MR) is 110 cm³/mol. The molecule has 0 spiro atoms. The molecule has 7 nitrogen and oxygen atoms in total. The van der Waals surface area contributed by atoms with Crippen LogP contribution in [0.15, 0.2) is 30.3 Å². The fraction of sp³-hybridized carbons (Fsp3) is 0.409. The fourth-order valence-corrected chi connectivity index (χ4v) is 3.89. The summed E-state index contributed by atoms with van der Waals surface area (Å²) >= 11 is 0. The fourth-order valence-electron chi connectivity index (χ4n) is 3.89. The molecule has 0 unspecified atom stereocenters. The lowest BCUT2D eigenvalue weighted by Crippen LogP contribution is -2.47. The summed E-state index contributed by atoms with van der Waals surface area (Å²) in [7, 11) is 0. The molecule has 2 aromatic rings. The Morgan fingerprint density at radius 1 is 1.03 bits per heavy atom. The molecule has 8 heteroatoms. The van der Waals surface area contributed by atoms with Gasteiger partial charge in [0, 0.05) is 23.0 Å². The highest BCUT2D eigenvalue weighted by Gasteiger charge is 2.21. The van der Waals surface area contributed by atoms with E-state index in [0.717, 1.165) is 43.5 Å². The number of carbonyl (C=O) groups excluding carboxylic acids is 3. The van der Waals surface area contributed by atoms with Gasteiger partial charge in [-0.1, -0.05) is 19.3 Å². The maximum Gasteiger partial charge on any atom is 0.271 e. The van der Waals surface area contributed by atoms with Crippen LogP contribution >= 0.6 is 0 Å². The van der Waals surface area contributed by atoms with Crippen LogP contribution in [0.3, 0.4) is 0 Å². The van der Waals surface area contributed by atoms with Crippen LogP contribution in [0.4, 0.5) is 4.39 Å². The first-order valence-corrected chi connectivity index (χ1v) is 10.2. The molecule has 3 rings (SSSR count). The number of aryl methyl sites for hydroxylation is 1. The number of carbonyl (C=O) groups is 3. The van der Waals surface area contributed by atoms with Gasteiger partial charge < -0.3 is 9.88 Å². The molecule has 1 saturated carbocycles. The Kier molecular flexibility index (Phi) is 6.87. The molecular formula is C22H27FN4O3. The first kappa shape index (κ1) is 21.5. The highest BCUT2D eigenvalue weighted by Crippen LogP contribution is 2.23. The van der Waals surface area contributed by atoms with E-state index >= 15 is 0 Å². The van der Waals surface area contributed by atoms with Crippen molar-refractivity contribution in [2.75, 3.05) is 6.54 Å². The zero-order valence-corrected chi connectivity index (χ0v) is 17.3. The summed E-state index contributed by atoms with van der Waals surface area (Å²) < 4.78 is 15.0. The van der Waals surface area contributed by atoms with Crippen molar-refractivity contribution in [3.63, 3.8) is 0 Å². The maximum atomic E-state index is 13.2. The molecule has 1 aromatic carbocycles. The topological polar surface area (TPSA) is 92.2 Å². The third kappa shape index (κ3) is 5.06. The number of aromatic nitrogens is 1. The van der Waals surface area contributed by atoms with Crippen molar-refractivity contribution in [3.05, 3.63) is 53.1 Å². The number of halogens is 1. The first-order valence-electron chi connectivity index (χ1n) is 10.2. The number of amides is 3. The van der Waals surface area contributed by atoms with E-state index in [4.69, 9.17) is 0 Å². The Morgan fingerprint density at radius 3 is 2.37 bits per heavy atom. The van der Waals surface area contributed by atoms with Crippen LogP contribution in [0.2, 0.25) is 0 Å². The van der Waals surface area contributed by atoms with Crippen LogP contribution in [0, 0.1) is 25.6 Å². The Bertz CT molecular complexity index is 931. The lowest BCUT2D eigenvalue weighted by molar-refractivity contribution is -0.129. The van der Waals surface area contributed by atoms with E-state index in [1.54, 1.807) is 25.1 Å². The van der Waals surface area contributed by atoms with Crippen molar-refractivity contribution in [2.24, 2.45) is 5.92 Å². The van der Waals surface area contributed by atoms with E-state index in [2.05, 4.69) is 16.2 Å². The molecular weight excluding hydrogens is 387 g/mol. The minimum Gasteiger partial charge on any atom is -0.347 e. The number of nitrogens with one attached hydrogen (secondary N) is 3. The van der Waals surface area contributed by atoms with E-state index in [1.807, 2.05) is 11.5 Å². The summed E-state index contributed by atoms with van der Waals surface area (Å²) in [5.74, 6) is -1.45. The first-order chi connectivity index (χ1) is 14.4. The SMILES string of the molecule is Cc1cc(C(=O)NNC(=O)CNC(=O)C2CCCCC2)c(C)n1-c1ccc(F)cc1. The Morgan fingerprint density at radius 2 is 1.70 bits per heavy atom. The van der Waals surface area contributed by atoms with Crippen LogP contribution in [0.1, 0.15) is 53.8 Å². The molecule has 1 fully saturated rings. The number of benzene rings is 1. The zero-order chi connectivity index (χ0) is 21.7. The zero-order valence-electron chi connectivity index (χ0n) is 17.3. The van der Waals surface area contributed by atoms with Crippen molar-refractivity contribution >= 4 is 17.7 Å². The largest absolute Gasteiger partial charge is 0.347 e. The summed E-state index contributed by atoms with van der Waals surface area (Å²) in [5.41, 5.74) is 7.30. The lowest BCUT2D eigenvalue weighted by atomic mass is 9.89. The van der Waals surface area contributed by atoms with Gasteiger partial charge in [0.2, 0.25) is 5.91 Å². The second-order valence-electron chi connectivity index (χ2n) is 7.65. The monoisotopic (exact) mass is 414 g/mol. The number of hydrazine groups is 1. The summed E-state index contributed by atoms with van der Waals surface area (Å²) in [6.07, 6.45) is 4.94. The summed E-state index contributed by atoms with van der Waals surface area (Å²) in [5, 5.41) is 2.63. The normalized spacial score (nSPS) is 14.2. The third-order valence-corrected chi connectivity index (χ3v) is 5.48. The van der Waals surface area contributed by atoms with Crippen molar-refractivity contribution in [3.8, 4) is 5.69 Å². The van der Waals surface area contributed by atoms with Crippen molar-refractivity contribution in [1.82, 2.24) is 20.7 Å². The van der Waals surface area contributed by atoms with Crippen molar-refractivity contribution in [1.29, 1.82) is 0 Å². The van der Waals surface area contributed by atoms with Crippen LogP contribution in [0.25, 0.3) is 5.69 Å². The molecule has 0 bridgehead atoms. The van der Waals surface area contributed by atoms with Crippen LogP contribution in [0.5, 0.6) is 0 Å². The van der Waals surface area contributed by atoms with E-state index in [1.165, 1.54) is 12.1 Å². The molecule has 1 aliphatic carbocycles. The highest BCUT2D eigenvalue weighted by atomic mass is 19.1. The van der Waals surface area contributed by atoms with E-state index in [0.29, 0.717) is 11.3 Å². The van der Waals surface area contributed by atoms with Gasteiger partial charge in [0.1, 0.15) is 5.82 Å². The Hall–Kier alpha value is -3.16. The third-order valence-electron chi connectivity index (χ3n) is 5.48. The van der Waals surface area contributed by atoms with E-state index < -0.39 is 11.8 Å². The van der Waals surface area contributed by atoms with Gasteiger partial charge >= 0.3 is 0 Å². The molecule has 0 saturated heterocycles. The summed E-state index contributed by atoms with van der Waals surface area (Å²) in [6.45, 7) is 3.42. The van der Waals surface area contributed by atoms with Crippen molar-refractivity contribution in [2.45, 2.75) is 46.0 Å². The van der Waals surface area contributed by atoms with Gasteiger partial charge in [-0.05, 0) is 57.0 Å². The molecule has 1 heterocycles. The highest BCUT2D eigenvalue weighted by molar-refractivity contribution is 5.97. The van der Waals surface area contributed by atoms with E-state index in [-0.39, 0.29) is 24.2 Å². The average Bonchev–Trinajstić information content (AvgIpc) is 3.05. The predicted octanol–water partition coefficient (Wildman–Crippen LogP) is 2.69. The molecule has 0 radical (unpaired) electrons. The van der Waals surface area contributed by atoms with Gasteiger partial charge in [-0.2, -0.15) is 0 Å². The van der Waals surface area contributed by atoms with Crippen LogP contribution < -0.4 is 16.2 Å². The second-order valence-corrected chi connectivity index (χ2v) is 7.65. The summed E-state index contributed by atoms with van der Waals surface area (Å²) in [4.78, 5) is 36.6. The Labute approximate surface area is 175 Å². The second kappa shape index (κ2) is 9.56. The van der Waals surface area contributed by atoms with Crippen LogP contribution in [-0.4, -0.2) is 28.8 Å². The van der Waals surface area contributed by atoms with E-state index in [9.17, 15) is 18.8 Å². The van der Waals surface area contributed by atoms with Gasteiger partial charge in [0.05, 0.1) is 12.1 Å². The lowest BCUT2D eigenvalue weighted by Gasteiger charge is -2.20. The minimum atomic E-state index is -0.500. The number of hydrogen-bond acceptors (Lipinski definition) is 3. The molecule has 30 heavy (non-hydrogen) atoms. The van der Waals surface area contributed by atoms with Crippen molar-refractivity contribution < 1.29 is 18.8 Å². The molecule has 0 atom stereocenters. The smallest absolute Gasteiger partial charge is 0.271 e. The summed E-state index contributed by atoms with van der Waals surface area (Å²) in [6, 6.07) is 7.68. The maximum absolute atomic E-state index is 13.2. The standard InChI is InChI=1S/C22H27FN4O3/c1-14-12-19(15(2)27(14)18-10-8-17(23)9-11-18)22(30)26-25-20(28)13-24-21(29)16-6-4-3-5-7-16/h8-12,16H,3-7,13H2,1-2H3,(H,24,29)(H,25,28)(H,26,30). The van der Waals surface area contributed by atoms with Gasteiger partial charge in [0.15, 0.2) is 0 Å². The molecule has 0 aliphatic heterocycles. The van der Waals surface area contributed by atoms with Gasteiger partial charge in [-0.3, -0.25) is 25.2 Å². The number of hydrogen-bond donors (Lipinski definition) is 3. The quantitative estimate of drug-likeness (QED) is 0.657. The van der Waals surface area contributed by atoms with Gasteiger partial charge in [-0.25, -0.2) is 4.39 Å². The van der Waals surface area contributed by atoms with Gasteiger partial charge in [-0.15, -0.1) is 0 Å². The molecule has 1 aliphatic rings. The van der Waals surface area contributed by atoms with Crippen LogP contribution in [-0.2, 0) is 9.59 Å². The molecule has 3 amide bonds. The number of rotatable bonds is 5.